The molecule has 0 saturated carbocycles. The first-order valence-electron chi connectivity index (χ1n) is 10.6. The third-order valence-electron chi connectivity index (χ3n) is 5.69. The van der Waals surface area contributed by atoms with Crippen LogP contribution in [-0.4, -0.2) is 43.4 Å². The second kappa shape index (κ2) is 10.2. The van der Waals surface area contributed by atoms with E-state index >= 15 is 0 Å². The van der Waals surface area contributed by atoms with Crippen molar-refractivity contribution in [2.75, 3.05) is 6.54 Å². The van der Waals surface area contributed by atoms with Gasteiger partial charge in [0.1, 0.15) is 23.7 Å². The molecule has 1 aliphatic rings. The molecule has 11 heteroatoms. The Labute approximate surface area is 190 Å². The molecule has 2 atom stereocenters. The van der Waals surface area contributed by atoms with Crippen molar-refractivity contribution in [1.82, 2.24) is 40.7 Å². The Balaban J connectivity index is 1.30. The van der Waals surface area contributed by atoms with E-state index in [1.54, 1.807) is 12.3 Å². The molecule has 2 unspecified atom stereocenters. The summed E-state index contributed by atoms with van der Waals surface area (Å²) in [4.78, 5) is 20.8. The van der Waals surface area contributed by atoms with Crippen molar-refractivity contribution < 1.29 is 9.18 Å². The van der Waals surface area contributed by atoms with Crippen molar-refractivity contribution in [3.63, 3.8) is 0 Å². The highest BCUT2D eigenvalue weighted by Crippen LogP contribution is 2.18. The molecule has 0 aliphatic carbocycles. The molecule has 0 spiro atoms. The van der Waals surface area contributed by atoms with Gasteiger partial charge < -0.3 is 15.2 Å². The SMILES string of the molecule is Cn1c(CNC2CC(C(=O)NCc3cc(C#N)ccc3F)CCN2)nnc1-c1ccncn1. The molecule has 33 heavy (non-hydrogen) atoms. The van der Waals surface area contributed by atoms with Gasteiger partial charge in [-0.15, -0.1) is 10.2 Å². The van der Waals surface area contributed by atoms with E-state index < -0.39 is 5.82 Å². The van der Waals surface area contributed by atoms with Crippen molar-refractivity contribution in [3.05, 3.63) is 59.6 Å². The molecule has 2 aromatic heterocycles. The lowest BCUT2D eigenvalue weighted by Crippen LogP contribution is -2.50. The van der Waals surface area contributed by atoms with Gasteiger partial charge in [-0.3, -0.25) is 10.1 Å². The summed E-state index contributed by atoms with van der Waals surface area (Å²) in [6.45, 7) is 1.19. The largest absolute Gasteiger partial charge is 0.352 e. The molecule has 3 aromatic rings. The first kappa shape index (κ1) is 22.4. The van der Waals surface area contributed by atoms with Crippen LogP contribution in [0.3, 0.4) is 0 Å². The van der Waals surface area contributed by atoms with E-state index in [4.69, 9.17) is 5.26 Å². The van der Waals surface area contributed by atoms with Crippen molar-refractivity contribution in [3.8, 4) is 17.6 Å². The summed E-state index contributed by atoms with van der Waals surface area (Å²) in [6, 6.07) is 7.87. The minimum absolute atomic E-state index is 0.0486. The third kappa shape index (κ3) is 5.36. The summed E-state index contributed by atoms with van der Waals surface area (Å²) in [6.07, 6.45) is 4.32. The van der Waals surface area contributed by atoms with Gasteiger partial charge in [0.2, 0.25) is 5.91 Å². The average molecular weight is 449 g/mol. The lowest BCUT2D eigenvalue weighted by Gasteiger charge is -2.30. The smallest absolute Gasteiger partial charge is 0.223 e. The van der Waals surface area contributed by atoms with Crippen LogP contribution in [0.5, 0.6) is 0 Å². The van der Waals surface area contributed by atoms with Crippen LogP contribution in [0.15, 0.2) is 36.8 Å². The number of rotatable bonds is 7. The highest BCUT2D eigenvalue weighted by atomic mass is 19.1. The summed E-state index contributed by atoms with van der Waals surface area (Å²) in [5.41, 5.74) is 1.35. The molecule has 3 N–H and O–H groups in total. The molecule has 1 saturated heterocycles. The van der Waals surface area contributed by atoms with Gasteiger partial charge in [-0.1, -0.05) is 0 Å². The maximum Gasteiger partial charge on any atom is 0.223 e. The van der Waals surface area contributed by atoms with Crippen LogP contribution in [0.2, 0.25) is 0 Å². The molecule has 1 aliphatic heterocycles. The summed E-state index contributed by atoms with van der Waals surface area (Å²) in [5, 5.41) is 27.0. The van der Waals surface area contributed by atoms with E-state index in [0.717, 1.165) is 5.82 Å². The monoisotopic (exact) mass is 449 g/mol. The van der Waals surface area contributed by atoms with E-state index in [0.29, 0.717) is 48.6 Å². The third-order valence-corrected chi connectivity index (χ3v) is 5.69. The van der Waals surface area contributed by atoms with Gasteiger partial charge in [0.25, 0.3) is 0 Å². The van der Waals surface area contributed by atoms with Gasteiger partial charge >= 0.3 is 0 Å². The second-order valence-electron chi connectivity index (χ2n) is 7.84. The highest BCUT2D eigenvalue weighted by molar-refractivity contribution is 5.78. The maximum atomic E-state index is 14.0. The Bertz CT molecular complexity index is 1160. The number of hydrogen-bond acceptors (Lipinski definition) is 8. The number of aromatic nitrogens is 5. The van der Waals surface area contributed by atoms with Gasteiger partial charge in [-0.05, 0) is 43.7 Å². The van der Waals surface area contributed by atoms with E-state index in [-0.39, 0.29) is 24.5 Å². The minimum atomic E-state index is -0.441. The number of nitriles is 1. The van der Waals surface area contributed by atoms with Gasteiger partial charge in [0.15, 0.2) is 5.82 Å². The van der Waals surface area contributed by atoms with Crippen LogP contribution >= 0.6 is 0 Å². The van der Waals surface area contributed by atoms with Crippen LogP contribution in [-0.2, 0) is 24.9 Å². The van der Waals surface area contributed by atoms with Gasteiger partial charge in [-0.2, -0.15) is 5.26 Å². The molecule has 0 bridgehead atoms. The molecular weight excluding hydrogens is 425 g/mol. The lowest BCUT2D eigenvalue weighted by molar-refractivity contribution is -0.126. The Morgan fingerprint density at radius 1 is 1.33 bits per heavy atom. The lowest BCUT2D eigenvalue weighted by atomic mass is 9.94. The van der Waals surface area contributed by atoms with Gasteiger partial charge in [0.05, 0.1) is 24.3 Å². The van der Waals surface area contributed by atoms with E-state index in [1.165, 1.54) is 24.5 Å². The Morgan fingerprint density at radius 2 is 2.21 bits per heavy atom. The molecule has 1 fully saturated rings. The quantitative estimate of drug-likeness (QED) is 0.487. The maximum absolute atomic E-state index is 14.0. The van der Waals surface area contributed by atoms with Crippen LogP contribution in [0, 0.1) is 23.1 Å². The number of amides is 1. The molecule has 170 valence electrons. The summed E-state index contributed by atoms with van der Waals surface area (Å²) in [7, 11) is 1.87. The van der Waals surface area contributed by atoms with Crippen molar-refractivity contribution in [2.45, 2.75) is 32.1 Å². The van der Waals surface area contributed by atoms with Crippen LogP contribution in [0.4, 0.5) is 4.39 Å². The fourth-order valence-corrected chi connectivity index (χ4v) is 3.79. The first-order valence-corrected chi connectivity index (χ1v) is 10.6. The van der Waals surface area contributed by atoms with E-state index in [9.17, 15) is 9.18 Å². The van der Waals surface area contributed by atoms with Crippen LogP contribution in [0.25, 0.3) is 11.5 Å². The average Bonchev–Trinajstić information content (AvgIpc) is 3.23. The van der Waals surface area contributed by atoms with E-state index in [2.05, 4.69) is 36.1 Å². The fraction of sp³-hybridized carbons (Fsp3) is 0.364. The number of carbonyl (C=O) groups is 1. The number of carbonyl (C=O) groups excluding carboxylic acids is 1. The number of benzene rings is 1. The summed E-state index contributed by atoms with van der Waals surface area (Å²) >= 11 is 0. The second-order valence-corrected chi connectivity index (χ2v) is 7.84. The standard InChI is InChI=1S/C22H24FN9O/c1-32-20(30-31-21(32)18-5-6-25-13-29-18)12-27-19-9-15(4-7-26-19)22(33)28-11-16-8-14(10-24)2-3-17(16)23/h2-3,5-6,8,13,15,19,26-27H,4,7,9,11-12H2,1H3,(H,28,33). The zero-order valence-electron chi connectivity index (χ0n) is 18.1. The number of nitrogens with zero attached hydrogens (tertiary/aromatic N) is 6. The number of nitrogens with one attached hydrogen (secondary N) is 3. The summed E-state index contributed by atoms with van der Waals surface area (Å²) < 4.78 is 15.8. The zero-order valence-corrected chi connectivity index (χ0v) is 18.1. The molecule has 4 rings (SSSR count). The number of piperidine rings is 1. The fourth-order valence-electron chi connectivity index (χ4n) is 3.79. The van der Waals surface area contributed by atoms with E-state index in [1.807, 2.05) is 17.7 Å². The Morgan fingerprint density at radius 3 is 3.00 bits per heavy atom. The molecule has 1 amide bonds. The van der Waals surface area contributed by atoms with Gasteiger partial charge in [0, 0.05) is 31.3 Å². The predicted molar refractivity (Wildman–Crippen MR) is 116 cm³/mol. The molecule has 1 aromatic carbocycles. The predicted octanol–water partition coefficient (Wildman–Crippen LogP) is 1.01. The van der Waals surface area contributed by atoms with Crippen molar-refractivity contribution >= 4 is 5.91 Å². The molecule has 0 radical (unpaired) electrons. The highest BCUT2D eigenvalue weighted by Gasteiger charge is 2.27. The topological polar surface area (TPSA) is 133 Å². The Kier molecular flexibility index (Phi) is 6.97. The van der Waals surface area contributed by atoms with Gasteiger partial charge in [-0.25, -0.2) is 14.4 Å². The minimum Gasteiger partial charge on any atom is -0.352 e. The normalized spacial score (nSPS) is 18.0. The van der Waals surface area contributed by atoms with Crippen LogP contribution < -0.4 is 16.0 Å². The molecule has 10 nitrogen and oxygen atoms in total. The molecular formula is C22H24FN9O. The van der Waals surface area contributed by atoms with Crippen LogP contribution in [0.1, 0.15) is 29.8 Å². The summed E-state index contributed by atoms with van der Waals surface area (Å²) in [5.74, 6) is 0.613. The zero-order chi connectivity index (χ0) is 23.2. The Hall–Kier alpha value is -3.75. The first-order chi connectivity index (χ1) is 16.0. The number of hydrogen-bond donors (Lipinski definition) is 3. The molecule has 3 heterocycles. The van der Waals surface area contributed by atoms with Crippen molar-refractivity contribution in [1.29, 1.82) is 5.26 Å². The van der Waals surface area contributed by atoms with Crippen molar-refractivity contribution in [2.24, 2.45) is 13.0 Å². The number of halogens is 1.